The van der Waals surface area contributed by atoms with Crippen molar-refractivity contribution in [2.75, 3.05) is 5.33 Å². The van der Waals surface area contributed by atoms with Gasteiger partial charge in [-0.15, -0.1) is 0 Å². The fraction of sp³-hybridized carbons (Fsp3) is 0.900. The molecule has 0 aromatic heterocycles. The standard InChI is InChI=1S/C10H17BrO3/c1-7-5-8(12)14-10(6-11,13-7)9(2,3)4/h7H,5-6H2,1-4H3/t7-,10-/m1/s1/i7D. The normalized spacial score (nSPS) is 40.4. The first-order valence-electron chi connectivity index (χ1n) is 5.10. The van der Waals surface area contributed by atoms with E-state index in [1.54, 1.807) is 6.92 Å². The second-order valence-corrected chi connectivity index (χ2v) is 5.15. The Kier molecular flexibility index (Phi) is 2.84. The summed E-state index contributed by atoms with van der Waals surface area (Å²) in [5, 5.41) is 0.365. The van der Waals surface area contributed by atoms with E-state index in [-0.39, 0.29) is 17.8 Å². The second kappa shape index (κ2) is 3.81. The van der Waals surface area contributed by atoms with Gasteiger partial charge in [-0.3, -0.25) is 4.79 Å². The molecule has 1 heterocycles. The first-order valence-corrected chi connectivity index (χ1v) is 5.72. The molecule has 4 heteroatoms. The smallest absolute Gasteiger partial charge is 0.310 e. The summed E-state index contributed by atoms with van der Waals surface area (Å²) in [6.45, 7) is 7.34. The summed E-state index contributed by atoms with van der Waals surface area (Å²) in [5.74, 6) is -1.44. The van der Waals surface area contributed by atoms with Crippen LogP contribution in [-0.4, -0.2) is 23.2 Å². The van der Waals surface area contributed by atoms with Gasteiger partial charge in [0.15, 0.2) is 0 Å². The largest absolute Gasteiger partial charge is 0.431 e. The van der Waals surface area contributed by atoms with Gasteiger partial charge in [0.05, 0.1) is 19.2 Å². The number of alkyl halides is 1. The molecule has 1 aliphatic rings. The highest BCUT2D eigenvalue weighted by Crippen LogP contribution is 2.40. The van der Waals surface area contributed by atoms with Crippen LogP contribution in [0.5, 0.6) is 0 Å². The number of carbonyl (C=O) groups is 1. The zero-order chi connectivity index (χ0) is 11.9. The molecule has 0 spiro atoms. The van der Waals surface area contributed by atoms with Crippen LogP contribution in [0.3, 0.4) is 0 Å². The molecule has 0 amide bonds. The Morgan fingerprint density at radius 1 is 1.71 bits per heavy atom. The Morgan fingerprint density at radius 3 is 2.64 bits per heavy atom. The average molecular weight is 266 g/mol. The maximum atomic E-state index is 11.5. The van der Waals surface area contributed by atoms with Crippen LogP contribution in [-0.2, 0) is 14.3 Å². The van der Waals surface area contributed by atoms with Gasteiger partial charge in [0, 0.05) is 5.41 Å². The predicted molar refractivity (Wildman–Crippen MR) is 57.2 cm³/mol. The third-order valence-corrected chi connectivity index (χ3v) is 3.07. The second-order valence-electron chi connectivity index (χ2n) is 4.59. The van der Waals surface area contributed by atoms with E-state index < -0.39 is 11.9 Å². The van der Waals surface area contributed by atoms with Crippen LogP contribution in [0.1, 0.15) is 35.5 Å². The molecular weight excluding hydrogens is 248 g/mol. The Morgan fingerprint density at radius 2 is 2.29 bits per heavy atom. The minimum Gasteiger partial charge on any atom is -0.431 e. The number of cyclic esters (lactones) is 1. The molecule has 0 aliphatic carbocycles. The van der Waals surface area contributed by atoms with Gasteiger partial charge in [0.25, 0.3) is 0 Å². The number of ether oxygens (including phenoxy) is 2. The van der Waals surface area contributed by atoms with Crippen LogP contribution < -0.4 is 0 Å². The van der Waals surface area contributed by atoms with E-state index in [1.165, 1.54) is 0 Å². The van der Waals surface area contributed by atoms with E-state index in [9.17, 15) is 4.79 Å². The molecule has 1 aliphatic heterocycles. The van der Waals surface area contributed by atoms with Crippen LogP contribution in [0, 0.1) is 5.41 Å². The zero-order valence-electron chi connectivity index (χ0n) is 10.0. The van der Waals surface area contributed by atoms with Crippen molar-refractivity contribution >= 4 is 21.9 Å². The van der Waals surface area contributed by atoms with Gasteiger partial charge in [-0.1, -0.05) is 36.7 Å². The lowest BCUT2D eigenvalue weighted by Gasteiger charge is -2.46. The lowest BCUT2D eigenvalue weighted by atomic mass is 9.85. The average Bonchev–Trinajstić information content (AvgIpc) is 1.98. The molecule has 82 valence electrons. The molecule has 0 bridgehead atoms. The molecule has 0 aromatic rings. The highest BCUT2D eigenvalue weighted by atomic mass is 79.9. The molecule has 1 fully saturated rings. The summed E-state index contributed by atoms with van der Waals surface area (Å²) in [6, 6.07) is 0. The summed E-state index contributed by atoms with van der Waals surface area (Å²) in [4.78, 5) is 11.5. The van der Waals surface area contributed by atoms with E-state index in [2.05, 4.69) is 15.9 Å². The van der Waals surface area contributed by atoms with Gasteiger partial charge in [0.2, 0.25) is 5.79 Å². The number of hydrogen-bond acceptors (Lipinski definition) is 3. The topological polar surface area (TPSA) is 35.5 Å². The number of halogens is 1. The highest BCUT2D eigenvalue weighted by molar-refractivity contribution is 9.09. The summed E-state index contributed by atoms with van der Waals surface area (Å²) >= 11 is 3.30. The molecule has 0 radical (unpaired) electrons. The van der Waals surface area contributed by atoms with Crippen molar-refractivity contribution in [3.05, 3.63) is 0 Å². The van der Waals surface area contributed by atoms with E-state index in [1.807, 2.05) is 20.8 Å². The summed E-state index contributed by atoms with van der Waals surface area (Å²) < 4.78 is 18.8. The molecule has 0 unspecified atom stereocenters. The third-order valence-electron chi connectivity index (χ3n) is 2.33. The van der Waals surface area contributed by atoms with Crippen molar-refractivity contribution in [1.29, 1.82) is 0 Å². The van der Waals surface area contributed by atoms with Gasteiger partial charge in [-0.25, -0.2) is 0 Å². The van der Waals surface area contributed by atoms with Crippen molar-refractivity contribution < 1.29 is 15.6 Å². The van der Waals surface area contributed by atoms with E-state index >= 15 is 0 Å². The van der Waals surface area contributed by atoms with Crippen molar-refractivity contribution in [2.45, 2.75) is 46.0 Å². The van der Waals surface area contributed by atoms with E-state index in [4.69, 9.17) is 10.8 Å². The van der Waals surface area contributed by atoms with E-state index in [0.29, 0.717) is 5.33 Å². The first kappa shape index (κ1) is 10.4. The maximum Gasteiger partial charge on any atom is 0.310 e. The monoisotopic (exact) mass is 265 g/mol. The maximum absolute atomic E-state index is 11.5. The quantitative estimate of drug-likeness (QED) is 0.540. The van der Waals surface area contributed by atoms with Crippen molar-refractivity contribution in [3.63, 3.8) is 0 Å². The van der Waals surface area contributed by atoms with Crippen LogP contribution in [0.25, 0.3) is 0 Å². The molecule has 1 saturated heterocycles. The number of carbonyl (C=O) groups excluding carboxylic acids is 1. The molecule has 0 aromatic carbocycles. The van der Waals surface area contributed by atoms with Crippen molar-refractivity contribution in [3.8, 4) is 0 Å². The zero-order valence-corrected chi connectivity index (χ0v) is 10.6. The fourth-order valence-corrected chi connectivity index (χ4v) is 2.39. The fourth-order valence-electron chi connectivity index (χ4n) is 1.32. The van der Waals surface area contributed by atoms with Crippen molar-refractivity contribution in [2.24, 2.45) is 5.41 Å². The van der Waals surface area contributed by atoms with Crippen LogP contribution >= 0.6 is 15.9 Å². The van der Waals surface area contributed by atoms with Crippen LogP contribution in [0.2, 0.25) is 0 Å². The molecule has 2 atom stereocenters. The van der Waals surface area contributed by atoms with Crippen LogP contribution in [0.4, 0.5) is 0 Å². The van der Waals surface area contributed by atoms with Gasteiger partial charge in [0.1, 0.15) is 0 Å². The van der Waals surface area contributed by atoms with E-state index in [0.717, 1.165) is 0 Å². The molecule has 0 N–H and O–H groups in total. The molecule has 14 heavy (non-hydrogen) atoms. The Balaban J connectivity index is 3.05. The Bertz CT molecular complexity index is 272. The molecule has 1 rings (SSSR count). The summed E-state index contributed by atoms with van der Waals surface area (Å²) in [5.41, 5.74) is -0.380. The predicted octanol–water partition coefficient (Wildman–Crippen LogP) is 2.48. The van der Waals surface area contributed by atoms with Gasteiger partial charge in [-0.2, -0.15) is 0 Å². The summed E-state index contributed by atoms with van der Waals surface area (Å²) in [7, 11) is 0. The molecule has 3 nitrogen and oxygen atoms in total. The molecule has 0 saturated carbocycles. The van der Waals surface area contributed by atoms with Crippen molar-refractivity contribution in [1.82, 2.24) is 0 Å². The highest BCUT2D eigenvalue weighted by Gasteiger charge is 2.50. The van der Waals surface area contributed by atoms with Gasteiger partial charge in [-0.05, 0) is 6.92 Å². The number of hydrogen-bond donors (Lipinski definition) is 0. The third kappa shape index (κ3) is 2.11. The Labute approximate surface area is 94.7 Å². The minimum atomic E-state index is -1.21. The number of rotatable bonds is 1. The van der Waals surface area contributed by atoms with Crippen LogP contribution in [0.15, 0.2) is 0 Å². The lowest BCUT2D eigenvalue weighted by molar-refractivity contribution is -0.297. The minimum absolute atomic E-state index is 0.0299. The first-order chi connectivity index (χ1) is 6.62. The lowest BCUT2D eigenvalue weighted by Crippen LogP contribution is -2.55. The summed E-state index contributed by atoms with van der Waals surface area (Å²) in [6.07, 6.45) is -1.24. The SMILES string of the molecule is [2H][C@@]1(C)CC(=O)O[C@](CBr)(C(C)(C)C)O1. The Hall–Kier alpha value is -0.0900. The number of esters is 1. The van der Waals surface area contributed by atoms with Gasteiger partial charge >= 0.3 is 5.97 Å². The molecular formula is C10H17BrO3. The van der Waals surface area contributed by atoms with Gasteiger partial charge < -0.3 is 9.47 Å².